The van der Waals surface area contributed by atoms with Crippen molar-refractivity contribution in [3.63, 3.8) is 0 Å². The van der Waals surface area contributed by atoms with E-state index in [2.05, 4.69) is 6.92 Å². The lowest BCUT2D eigenvalue weighted by Crippen LogP contribution is -2.20. The highest BCUT2D eigenvalue weighted by Crippen LogP contribution is 2.18. The highest BCUT2D eigenvalue weighted by atomic mass is 32.2. The molecule has 2 atom stereocenters. The highest BCUT2D eigenvalue weighted by Gasteiger charge is 2.21. The third kappa shape index (κ3) is 14.2. The number of hydrogen-bond donors (Lipinski definition) is 2. The summed E-state index contributed by atoms with van der Waals surface area (Å²) in [5, 5.41) is 9.20. The maximum atomic E-state index is 11.3. The summed E-state index contributed by atoms with van der Waals surface area (Å²) in [4.78, 5) is 0. The van der Waals surface area contributed by atoms with Gasteiger partial charge >= 0.3 is 0 Å². The molecule has 0 heterocycles. The van der Waals surface area contributed by atoms with Crippen LogP contribution in [0.2, 0.25) is 0 Å². The molecule has 146 valence electrons. The zero-order chi connectivity index (χ0) is 18.3. The second-order valence-electron chi connectivity index (χ2n) is 7.13. The van der Waals surface area contributed by atoms with Crippen LogP contribution in [0.5, 0.6) is 0 Å². The van der Waals surface area contributed by atoms with Crippen molar-refractivity contribution in [2.45, 2.75) is 122 Å². The van der Waals surface area contributed by atoms with Crippen LogP contribution in [-0.4, -0.2) is 29.4 Å². The van der Waals surface area contributed by atoms with Gasteiger partial charge in [-0.1, -0.05) is 84.5 Å². The van der Waals surface area contributed by atoms with E-state index < -0.39 is 15.4 Å². The molecule has 0 amide bonds. The van der Waals surface area contributed by atoms with Gasteiger partial charge in [-0.15, -0.1) is 0 Å². The normalized spacial score (nSPS) is 14.7. The van der Waals surface area contributed by atoms with Crippen LogP contribution in [0, 0.1) is 0 Å². The lowest BCUT2D eigenvalue weighted by Gasteiger charge is -2.13. The molecule has 0 aromatic heterocycles. The Morgan fingerprint density at radius 1 is 0.667 bits per heavy atom. The molecule has 0 saturated carbocycles. The number of rotatable bonds is 17. The molecule has 2 unspecified atom stereocenters. The Balaban J connectivity index is 3.55. The molecule has 0 aromatic carbocycles. The third-order valence-electron chi connectivity index (χ3n) is 4.76. The van der Waals surface area contributed by atoms with Crippen molar-refractivity contribution in [3.05, 3.63) is 0 Å². The first kappa shape index (κ1) is 23.9. The van der Waals surface area contributed by atoms with Crippen molar-refractivity contribution in [2.75, 3.05) is 0 Å². The molecule has 0 spiro atoms. The van der Waals surface area contributed by atoms with Gasteiger partial charge in [0, 0.05) is 0 Å². The summed E-state index contributed by atoms with van der Waals surface area (Å²) >= 11 is 0. The second-order valence-corrected chi connectivity index (χ2v) is 8.82. The zero-order valence-electron chi connectivity index (χ0n) is 15.9. The van der Waals surface area contributed by atoms with Crippen LogP contribution in [0.15, 0.2) is 0 Å². The molecule has 0 fully saturated rings. The fourth-order valence-electron chi connectivity index (χ4n) is 3.09. The predicted octanol–water partition coefficient (Wildman–Crippen LogP) is 5.50. The Hall–Kier alpha value is -0.130. The van der Waals surface area contributed by atoms with Crippen LogP contribution in [0.25, 0.3) is 0 Å². The largest absolute Gasteiger partial charge is 0.393 e. The average Bonchev–Trinajstić information content (AvgIpc) is 2.52. The first-order chi connectivity index (χ1) is 11.4. The monoisotopic (exact) mass is 364 g/mol. The first-order valence-corrected chi connectivity index (χ1v) is 11.6. The molecule has 0 bridgehead atoms. The summed E-state index contributed by atoms with van der Waals surface area (Å²) in [5.74, 6) is 0. The van der Waals surface area contributed by atoms with E-state index in [4.69, 9.17) is 0 Å². The van der Waals surface area contributed by atoms with E-state index in [0.29, 0.717) is 12.8 Å². The molecule has 0 aliphatic carbocycles. The van der Waals surface area contributed by atoms with Crippen molar-refractivity contribution >= 4 is 10.1 Å². The topological polar surface area (TPSA) is 74.6 Å². The van der Waals surface area contributed by atoms with Gasteiger partial charge in [-0.3, -0.25) is 4.55 Å². The van der Waals surface area contributed by atoms with Gasteiger partial charge in [0.15, 0.2) is 0 Å². The van der Waals surface area contributed by atoms with Crippen molar-refractivity contribution in [1.29, 1.82) is 0 Å². The maximum absolute atomic E-state index is 11.3. The molecule has 2 N–H and O–H groups in total. The second kappa shape index (κ2) is 15.2. The van der Waals surface area contributed by atoms with E-state index in [-0.39, 0.29) is 6.10 Å². The van der Waals surface area contributed by atoms with Crippen LogP contribution < -0.4 is 0 Å². The molecule has 4 nitrogen and oxygen atoms in total. The van der Waals surface area contributed by atoms with E-state index in [1.807, 2.05) is 6.92 Å². The molecule has 0 saturated heterocycles. The van der Waals surface area contributed by atoms with Crippen molar-refractivity contribution in [2.24, 2.45) is 0 Å². The molecule has 0 aliphatic heterocycles. The van der Waals surface area contributed by atoms with Gasteiger partial charge in [0.05, 0.1) is 11.4 Å². The fraction of sp³-hybridized carbons (Fsp3) is 1.00. The van der Waals surface area contributed by atoms with Crippen LogP contribution in [0.4, 0.5) is 0 Å². The molecule has 0 rings (SSSR count). The van der Waals surface area contributed by atoms with Gasteiger partial charge in [-0.2, -0.15) is 8.42 Å². The lowest BCUT2D eigenvalue weighted by molar-refractivity contribution is 0.148. The standard InChI is InChI=1S/C19H40O4S/c1-3-5-14-18(20)15-12-10-8-7-9-11-13-17-19(16-6-4-2)24(21,22)23/h18-20H,3-17H2,1-2H3,(H,21,22,23). The molecule has 24 heavy (non-hydrogen) atoms. The maximum Gasteiger partial charge on any atom is 0.267 e. The van der Waals surface area contributed by atoms with Gasteiger partial charge < -0.3 is 5.11 Å². The smallest absolute Gasteiger partial charge is 0.267 e. The quantitative estimate of drug-likeness (QED) is 0.264. The minimum absolute atomic E-state index is 0.120. The van der Waals surface area contributed by atoms with Crippen molar-refractivity contribution in [1.82, 2.24) is 0 Å². The molecule has 5 heteroatoms. The summed E-state index contributed by atoms with van der Waals surface area (Å²) in [7, 11) is -3.88. The Labute approximate surface area is 150 Å². The summed E-state index contributed by atoms with van der Waals surface area (Å²) in [5.41, 5.74) is 0. The number of unbranched alkanes of at least 4 members (excludes halogenated alkanes) is 8. The minimum atomic E-state index is -3.88. The van der Waals surface area contributed by atoms with Crippen molar-refractivity contribution < 1.29 is 18.1 Å². The molecule has 0 aromatic rings. The number of aliphatic hydroxyl groups is 1. The Bertz CT molecular complexity index is 368. The molecular formula is C19H40O4S. The number of hydrogen-bond acceptors (Lipinski definition) is 3. The van der Waals surface area contributed by atoms with Crippen LogP contribution in [-0.2, 0) is 10.1 Å². The fourth-order valence-corrected chi connectivity index (χ4v) is 4.02. The van der Waals surface area contributed by atoms with Gasteiger partial charge in [-0.25, -0.2) is 0 Å². The van der Waals surface area contributed by atoms with Gasteiger partial charge in [0.2, 0.25) is 0 Å². The summed E-state index contributed by atoms with van der Waals surface area (Å²) in [6.45, 7) is 4.18. The van der Waals surface area contributed by atoms with Crippen LogP contribution >= 0.6 is 0 Å². The van der Waals surface area contributed by atoms with E-state index in [1.54, 1.807) is 0 Å². The summed E-state index contributed by atoms with van der Waals surface area (Å²) in [6.07, 6.45) is 14.7. The highest BCUT2D eigenvalue weighted by molar-refractivity contribution is 7.86. The summed E-state index contributed by atoms with van der Waals surface area (Å²) < 4.78 is 31.9. The SMILES string of the molecule is CCCCC(O)CCCCCCCCCC(CCCC)S(=O)(=O)O. The number of aliphatic hydroxyl groups excluding tert-OH is 1. The molecular weight excluding hydrogens is 324 g/mol. The predicted molar refractivity (Wildman–Crippen MR) is 102 cm³/mol. The van der Waals surface area contributed by atoms with E-state index in [1.165, 1.54) is 19.3 Å². The van der Waals surface area contributed by atoms with E-state index >= 15 is 0 Å². The van der Waals surface area contributed by atoms with Gasteiger partial charge in [0.25, 0.3) is 10.1 Å². The zero-order valence-corrected chi connectivity index (χ0v) is 16.7. The lowest BCUT2D eigenvalue weighted by atomic mass is 10.0. The summed E-state index contributed by atoms with van der Waals surface area (Å²) in [6, 6.07) is 0. The van der Waals surface area contributed by atoms with Crippen molar-refractivity contribution in [3.8, 4) is 0 Å². The molecule has 0 radical (unpaired) electrons. The first-order valence-electron chi connectivity index (χ1n) is 10.1. The Morgan fingerprint density at radius 2 is 1.04 bits per heavy atom. The molecule has 0 aliphatic rings. The van der Waals surface area contributed by atoms with Crippen LogP contribution in [0.3, 0.4) is 0 Å². The van der Waals surface area contributed by atoms with Gasteiger partial charge in [0.1, 0.15) is 0 Å². The minimum Gasteiger partial charge on any atom is -0.393 e. The van der Waals surface area contributed by atoms with E-state index in [9.17, 15) is 18.1 Å². The van der Waals surface area contributed by atoms with Gasteiger partial charge in [-0.05, 0) is 25.7 Å². The van der Waals surface area contributed by atoms with Crippen LogP contribution in [0.1, 0.15) is 110 Å². The average molecular weight is 365 g/mol. The van der Waals surface area contributed by atoms with E-state index in [0.717, 1.165) is 64.2 Å². The third-order valence-corrected chi connectivity index (χ3v) is 6.07. The Kier molecular flexibility index (Phi) is 15.1. The Morgan fingerprint density at radius 3 is 1.54 bits per heavy atom.